The zero-order valence-corrected chi connectivity index (χ0v) is 30.9. The summed E-state index contributed by atoms with van der Waals surface area (Å²) in [5.41, 5.74) is -2.93. The van der Waals surface area contributed by atoms with E-state index in [4.69, 9.17) is 28.4 Å². The third-order valence-corrected chi connectivity index (χ3v) is 10.6. The fourth-order valence-electron chi connectivity index (χ4n) is 7.44. The second-order valence-corrected chi connectivity index (χ2v) is 14.8. The summed E-state index contributed by atoms with van der Waals surface area (Å²) in [5.74, 6) is -7.31. The molecule has 0 amide bonds. The van der Waals surface area contributed by atoms with Crippen LogP contribution in [-0.2, 0) is 47.6 Å². The third-order valence-electron chi connectivity index (χ3n) is 10.6. The fraction of sp³-hybridized carbons (Fsp3) is 0.886. The molecule has 2 fully saturated rings. The van der Waals surface area contributed by atoms with Crippen molar-refractivity contribution in [2.24, 2.45) is 35.5 Å². The van der Waals surface area contributed by atoms with Gasteiger partial charge in [0.05, 0.1) is 36.3 Å². The summed E-state index contributed by atoms with van der Waals surface area (Å²) in [5, 5.41) is 33.7. The number of esters is 3. The van der Waals surface area contributed by atoms with Crippen molar-refractivity contribution in [3.05, 3.63) is 0 Å². The summed E-state index contributed by atoms with van der Waals surface area (Å²) in [7, 11) is 1.49. The van der Waals surface area contributed by atoms with Crippen molar-refractivity contribution in [1.82, 2.24) is 0 Å². The van der Waals surface area contributed by atoms with Crippen molar-refractivity contribution in [3.8, 4) is 0 Å². The fourth-order valence-corrected chi connectivity index (χ4v) is 7.44. The number of aliphatic hydroxyl groups is 3. The highest BCUT2D eigenvalue weighted by atomic mass is 16.7. The summed E-state index contributed by atoms with van der Waals surface area (Å²) >= 11 is 0. The Labute approximate surface area is 285 Å². The van der Waals surface area contributed by atoms with Gasteiger partial charge in [0.1, 0.15) is 23.4 Å². The van der Waals surface area contributed by atoms with Crippen LogP contribution in [0.4, 0.5) is 0 Å². The van der Waals surface area contributed by atoms with Gasteiger partial charge in [0.2, 0.25) is 0 Å². The molecular formula is C35H60O13. The molecule has 2 aliphatic rings. The summed E-state index contributed by atoms with van der Waals surface area (Å²) in [6.45, 7) is 18.8. The van der Waals surface area contributed by atoms with Crippen molar-refractivity contribution < 1.29 is 62.9 Å². The Hall–Kier alpha value is -2.16. The summed E-state index contributed by atoms with van der Waals surface area (Å²) in [6.07, 6.45) is -7.64. The van der Waals surface area contributed by atoms with Gasteiger partial charge in [-0.25, -0.2) is 0 Å². The molecule has 0 aliphatic carbocycles. The predicted molar refractivity (Wildman–Crippen MR) is 173 cm³/mol. The van der Waals surface area contributed by atoms with E-state index in [-0.39, 0.29) is 12.8 Å². The number of hydrogen-bond acceptors (Lipinski definition) is 13. The van der Waals surface area contributed by atoms with Crippen LogP contribution < -0.4 is 0 Å². The summed E-state index contributed by atoms with van der Waals surface area (Å²) in [6, 6.07) is 0. The van der Waals surface area contributed by atoms with Crippen molar-refractivity contribution in [1.29, 1.82) is 0 Å². The lowest BCUT2D eigenvalue weighted by molar-refractivity contribution is -0.300. The van der Waals surface area contributed by atoms with Gasteiger partial charge in [0.25, 0.3) is 0 Å². The van der Waals surface area contributed by atoms with Crippen molar-refractivity contribution in [3.63, 3.8) is 0 Å². The lowest BCUT2D eigenvalue weighted by Crippen LogP contribution is -2.59. The van der Waals surface area contributed by atoms with Crippen LogP contribution >= 0.6 is 0 Å². The van der Waals surface area contributed by atoms with E-state index in [1.54, 1.807) is 62.3 Å². The number of cyclic esters (lactones) is 1. The first-order valence-electron chi connectivity index (χ1n) is 17.0. The molecule has 278 valence electrons. The molecule has 3 N–H and O–H groups in total. The van der Waals surface area contributed by atoms with Gasteiger partial charge in [-0.1, -0.05) is 34.6 Å². The first-order valence-corrected chi connectivity index (χ1v) is 17.0. The Morgan fingerprint density at radius 3 is 1.96 bits per heavy atom. The van der Waals surface area contributed by atoms with Crippen LogP contribution in [0.1, 0.15) is 95.9 Å². The molecule has 0 aromatic carbocycles. The third kappa shape index (κ3) is 9.75. The van der Waals surface area contributed by atoms with Crippen LogP contribution in [-0.4, -0.2) is 106 Å². The first kappa shape index (κ1) is 42.0. The number of hydrogen-bond donors (Lipinski definition) is 3. The average Bonchev–Trinajstić information content (AvgIpc) is 2.99. The molecule has 48 heavy (non-hydrogen) atoms. The van der Waals surface area contributed by atoms with Gasteiger partial charge >= 0.3 is 17.9 Å². The van der Waals surface area contributed by atoms with E-state index >= 15 is 0 Å². The largest absolute Gasteiger partial charge is 0.461 e. The van der Waals surface area contributed by atoms with E-state index in [1.165, 1.54) is 27.9 Å². The SMILES string of the molecule is COC1(C)CC(O[C@@H]2C(C)C(=O)OC([C@H](C)[C@H](C)O)[C@H](C)C(OC(C)=O)C(C)C(=O)[C@@](C)(O)C[C@H](C)[C@H](O)[C@H]2C)OC(C)C1OC(C)=O. The van der Waals surface area contributed by atoms with Crippen LogP contribution in [0.3, 0.4) is 0 Å². The van der Waals surface area contributed by atoms with Crippen LogP contribution in [0.25, 0.3) is 0 Å². The summed E-state index contributed by atoms with van der Waals surface area (Å²) in [4.78, 5) is 52.0. The van der Waals surface area contributed by atoms with E-state index in [0.717, 1.165) is 0 Å². The zero-order chi connectivity index (χ0) is 37.0. The van der Waals surface area contributed by atoms with Gasteiger partial charge < -0.3 is 43.7 Å². The predicted octanol–water partition coefficient (Wildman–Crippen LogP) is 2.97. The van der Waals surface area contributed by atoms with Gasteiger partial charge in [-0.2, -0.15) is 0 Å². The molecule has 0 spiro atoms. The number of Topliss-reactive ketones (excluding diaryl/α,β-unsaturated/α-hetero) is 1. The minimum Gasteiger partial charge on any atom is -0.461 e. The Bertz CT molecular complexity index is 1120. The molecule has 2 saturated heterocycles. The first-order chi connectivity index (χ1) is 22.0. The van der Waals surface area contributed by atoms with Gasteiger partial charge in [-0.3, -0.25) is 19.2 Å². The number of rotatable bonds is 7. The molecule has 0 aromatic heterocycles. The molecule has 0 bridgehead atoms. The molecule has 0 aromatic rings. The normalized spacial score (nSPS) is 43.3. The van der Waals surface area contributed by atoms with Gasteiger partial charge in [-0.15, -0.1) is 0 Å². The highest BCUT2D eigenvalue weighted by molar-refractivity contribution is 5.89. The Balaban J connectivity index is 2.65. The van der Waals surface area contributed by atoms with Crippen LogP contribution in [0.15, 0.2) is 0 Å². The van der Waals surface area contributed by atoms with E-state index in [2.05, 4.69) is 0 Å². The Morgan fingerprint density at radius 2 is 1.46 bits per heavy atom. The molecule has 2 rings (SSSR count). The molecule has 13 heteroatoms. The molecule has 13 nitrogen and oxygen atoms in total. The second-order valence-electron chi connectivity index (χ2n) is 14.8. The standard InChI is InChI=1S/C35H60O13/c1-16-14-34(11,42)31(40)20(5)30(45-24(9)37)19(4)28(17(2)22(7)36)48-33(41)21(6)29(18(3)27(16)39)47-26-15-35(12,43-13)32(23(8)44-26)46-25(10)38/h16-23,26-30,32,36,39,42H,14-15H2,1-13H3/t16-,17+,18+,19-,20?,21?,22-,23?,26?,27-,28?,29-,30?,32?,34-,35?/m0/s1. The molecule has 8 unspecified atom stereocenters. The van der Waals surface area contributed by atoms with Gasteiger partial charge in [0.15, 0.2) is 18.2 Å². The number of methoxy groups -OCH3 is 1. The maximum absolute atomic E-state index is 14.0. The van der Waals surface area contributed by atoms with Crippen LogP contribution in [0.2, 0.25) is 0 Å². The minimum atomic E-state index is -1.92. The second kappa shape index (κ2) is 16.7. The maximum Gasteiger partial charge on any atom is 0.311 e. The Morgan fingerprint density at radius 1 is 0.896 bits per heavy atom. The minimum absolute atomic E-state index is 0.117. The average molecular weight is 689 g/mol. The molecule has 2 aliphatic heterocycles. The van der Waals surface area contributed by atoms with Crippen LogP contribution in [0, 0.1) is 35.5 Å². The van der Waals surface area contributed by atoms with Gasteiger partial charge in [0, 0.05) is 45.1 Å². The van der Waals surface area contributed by atoms with Gasteiger partial charge in [-0.05, 0) is 47.0 Å². The quantitative estimate of drug-likeness (QED) is 0.262. The topological polar surface area (TPSA) is 184 Å². The molecule has 16 atom stereocenters. The van der Waals surface area contributed by atoms with Crippen molar-refractivity contribution in [2.45, 2.75) is 156 Å². The molecule has 0 radical (unpaired) electrons. The number of carbonyl (C=O) groups excluding carboxylic acids is 4. The number of aliphatic hydroxyl groups excluding tert-OH is 2. The zero-order valence-electron chi connectivity index (χ0n) is 30.9. The van der Waals surface area contributed by atoms with E-state index in [1.807, 2.05) is 0 Å². The highest BCUT2D eigenvalue weighted by Gasteiger charge is 2.51. The number of ether oxygens (including phenoxy) is 6. The lowest BCUT2D eigenvalue weighted by atomic mass is 9.74. The van der Waals surface area contributed by atoms with E-state index < -0.39 is 119 Å². The Kier molecular flexibility index (Phi) is 14.6. The summed E-state index contributed by atoms with van der Waals surface area (Å²) < 4.78 is 35.7. The molecule has 2 heterocycles. The van der Waals surface area contributed by atoms with Crippen LogP contribution in [0.5, 0.6) is 0 Å². The smallest absolute Gasteiger partial charge is 0.311 e. The molecular weight excluding hydrogens is 628 g/mol. The maximum atomic E-state index is 14.0. The number of ketones is 1. The molecule has 0 saturated carbocycles. The van der Waals surface area contributed by atoms with E-state index in [0.29, 0.717) is 0 Å². The lowest BCUT2D eigenvalue weighted by Gasteiger charge is -2.47. The van der Waals surface area contributed by atoms with Crippen molar-refractivity contribution >= 4 is 23.7 Å². The highest BCUT2D eigenvalue weighted by Crippen LogP contribution is 2.39. The monoisotopic (exact) mass is 688 g/mol. The number of carbonyl (C=O) groups is 4. The van der Waals surface area contributed by atoms with Crippen molar-refractivity contribution in [2.75, 3.05) is 7.11 Å². The van der Waals surface area contributed by atoms with E-state index in [9.17, 15) is 34.5 Å².